The Morgan fingerprint density at radius 3 is 2.20 bits per heavy atom. The highest BCUT2D eigenvalue weighted by Crippen LogP contribution is 2.31. The number of carbonyl (C=O) groups is 2. The normalized spacial score (nSPS) is 13.8. The molecular formula is C18H21BrN2O3S. The Labute approximate surface area is 159 Å². The molecule has 2 unspecified atom stereocenters. The first-order valence-electron chi connectivity index (χ1n) is 7.79. The number of carboxylic acid groups (broad SMARTS) is 1. The van der Waals surface area contributed by atoms with Gasteiger partial charge in [-0.15, -0.1) is 11.3 Å². The van der Waals surface area contributed by atoms with E-state index in [1.807, 2.05) is 57.2 Å². The van der Waals surface area contributed by atoms with Gasteiger partial charge in [-0.1, -0.05) is 51.1 Å². The van der Waals surface area contributed by atoms with Crippen LogP contribution in [0.3, 0.4) is 0 Å². The lowest BCUT2D eigenvalue weighted by Gasteiger charge is -2.37. The van der Waals surface area contributed by atoms with Crippen molar-refractivity contribution < 1.29 is 14.7 Å². The topological polar surface area (TPSA) is 78.4 Å². The van der Waals surface area contributed by atoms with Gasteiger partial charge in [0.2, 0.25) is 0 Å². The predicted octanol–water partition coefficient (Wildman–Crippen LogP) is 4.66. The molecule has 0 fully saturated rings. The van der Waals surface area contributed by atoms with E-state index in [1.165, 1.54) is 11.3 Å². The second kappa shape index (κ2) is 8.01. The van der Waals surface area contributed by atoms with Gasteiger partial charge in [0.1, 0.15) is 0 Å². The Morgan fingerprint density at radius 2 is 1.72 bits per heavy atom. The SMILES string of the molecule is CC(C)(C)C(NC(=O)O)C(NC(=O)c1ccc(Br)s1)c1ccccc1. The van der Waals surface area contributed by atoms with E-state index >= 15 is 0 Å². The van der Waals surface area contributed by atoms with Crippen LogP contribution < -0.4 is 10.6 Å². The van der Waals surface area contributed by atoms with Crippen molar-refractivity contribution in [1.29, 1.82) is 0 Å². The third-order valence-electron chi connectivity index (χ3n) is 3.79. The van der Waals surface area contributed by atoms with Crippen molar-refractivity contribution in [2.24, 2.45) is 5.41 Å². The van der Waals surface area contributed by atoms with E-state index in [2.05, 4.69) is 26.6 Å². The van der Waals surface area contributed by atoms with Gasteiger partial charge in [0, 0.05) is 0 Å². The number of rotatable bonds is 5. The second-order valence-electron chi connectivity index (χ2n) is 6.76. The number of halogens is 1. The zero-order chi connectivity index (χ0) is 18.6. The molecule has 0 radical (unpaired) electrons. The molecule has 134 valence electrons. The average Bonchev–Trinajstić information content (AvgIpc) is 2.97. The average molecular weight is 425 g/mol. The summed E-state index contributed by atoms with van der Waals surface area (Å²) in [5, 5.41) is 14.8. The fourth-order valence-electron chi connectivity index (χ4n) is 2.60. The standard InChI is InChI=1S/C18H21BrN2O3S/c1-18(2,3)15(21-17(23)24)14(11-7-5-4-6-8-11)20-16(22)12-9-10-13(19)25-12/h4-10,14-15,21H,1-3H3,(H,20,22)(H,23,24). The second-order valence-corrected chi connectivity index (χ2v) is 9.22. The number of hydrogen-bond acceptors (Lipinski definition) is 3. The highest BCUT2D eigenvalue weighted by Gasteiger charge is 2.35. The van der Waals surface area contributed by atoms with E-state index in [4.69, 9.17) is 0 Å². The molecule has 3 N–H and O–H groups in total. The van der Waals surface area contributed by atoms with Gasteiger partial charge < -0.3 is 15.7 Å². The Balaban J connectivity index is 2.38. The van der Waals surface area contributed by atoms with Crippen molar-refractivity contribution in [3.8, 4) is 0 Å². The third kappa shape index (κ3) is 5.31. The van der Waals surface area contributed by atoms with Crippen molar-refractivity contribution in [3.05, 3.63) is 56.7 Å². The molecule has 0 spiro atoms. The first-order chi connectivity index (χ1) is 11.7. The molecule has 0 bridgehead atoms. The summed E-state index contributed by atoms with van der Waals surface area (Å²) in [5.74, 6) is -0.231. The summed E-state index contributed by atoms with van der Waals surface area (Å²) in [4.78, 5) is 24.6. The van der Waals surface area contributed by atoms with Crippen LogP contribution in [0.4, 0.5) is 4.79 Å². The Kier molecular flexibility index (Phi) is 6.24. The molecule has 0 saturated carbocycles. The summed E-state index contributed by atoms with van der Waals surface area (Å²) < 4.78 is 0.866. The maximum absolute atomic E-state index is 12.7. The van der Waals surface area contributed by atoms with Gasteiger partial charge in [-0.2, -0.15) is 0 Å². The minimum Gasteiger partial charge on any atom is -0.465 e. The van der Waals surface area contributed by atoms with Crippen molar-refractivity contribution in [2.45, 2.75) is 32.9 Å². The highest BCUT2D eigenvalue weighted by molar-refractivity contribution is 9.11. The molecule has 0 aliphatic carbocycles. The van der Waals surface area contributed by atoms with Crippen LogP contribution in [0.25, 0.3) is 0 Å². The Bertz CT molecular complexity index is 740. The summed E-state index contributed by atoms with van der Waals surface area (Å²) >= 11 is 4.69. The van der Waals surface area contributed by atoms with Crippen molar-refractivity contribution in [3.63, 3.8) is 0 Å². The van der Waals surface area contributed by atoms with Crippen LogP contribution >= 0.6 is 27.3 Å². The van der Waals surface area contributed by atoms with Crippen LogP contribution in [0.5, 0.6) is 0 Å². The zero-order valence-electron chi connectivity index (χ0n) is 14.2. The number of thiophene rings is 1. The number of carbonyl (C=O) groups excluding carboxylic acids is 1. The summed E-state index contributed by atoms with van der Waals surface area (Å²) in [6, 6.07) is 12.0. The fraction of sp³-hybridized carbons (Fsp3) is 0.333. The first kappa shape index (κ1) is 19.5. The molecule has 1 aromatic carbocycles. The lowest BCUT2D eigenvalue weighted by molar-refractivity contribution is 0.0904. The summed E-state index contributed by atoms with van der Waals surface area (Å²) in [5.41, 5.74) is 0.447. The third-order valence-corrected chi connectivity index (χ3v) is 5.41. The van der Waals surface area contributed by atoms with E-state index in [1.54, 1.807) is 6.07 Å². The molecule has 25 heavy (non-hydrogen) atoms. The molecule has 7 heteroatoms. The van der Waals surface area contributed by atoms with E-state index in [0.29, 0.717) is 4.88 Å². The van der Waals surface area contributed by atoms with Crippen LogP contribution in [0.1, 0.15) is 42.0 Å². The maximum Gasteiger partial charge on any atom is 0.404 e. The van der Waals surface area contributed by atoms with Crippen LogP contribution in [-0.4, -0.2) is 23.1 Å². The molecule has 1 heterocycles. The van der Waals surface area contributed by atoms with Crippen molar-refractivity contribution >= 4 is 39.3 Å². The molecule has 2 aromatic rings. The quantitative estimate of drug-likeness (QED) is 0.652. The van der Waals surface area contributed by atoms with Crippen LogP contribution in [-0.2, 0) is 0 Å². The lowest BCUT2D eigenvalue weighted by Crippen LogP contribution is -2.52. The number of benzene rings is 1. The van der Waals surface area contributed by atoms with Gasteiger partial charge in [0.15, 0.2) is 0 Å². The number of nitrogens with one attached hydrogen (secondary N) is 2. The van der Waals surface area contributed by atoms with E-state index in [0.717, 1.165) is 9.35 Å². The maximum atomic E-state index is 12.7. The lowest BCUT2D eigenvalue weighted by atomic mass is 9.79. The Morgan fingerprint density at radius 1 is 1.08 bits per heavy atom. The van der Waals surface area contributed by atoms with E-state index in [9.17, 15) is 14.7 Å². The van der Waals surface area contributed by atoms with Gasteiger partial charge in [-0.25, -0.2) is 4.79 Å². The van der Waals surface area contributed by atoms with Crippen molar-refractivity contribution in [1.82, 2.24) is 10.6 Å². The summed E-state index contributed by atoms with van der Waals surface area (Å²) in [7, 11) is 0. The van der Waals surface area contributed by atoms with Crippen LogP contribution in [0.15, 0.2) is 46.3 Å². The molecule has 0 aliphatic heterocycles. The minimum atomic E-state index is -1.12. The van der Waals surface area contributed by atoms with Gasteiger partial charge in [0.25, 0.3) is 5.91 Å². The smallest absolute Gasteiger partial charge is 0.404 e. The molecule has 1 aromatic heterocycles. The monoisotopic (exact) mass is 424 g/mol. The summed E-state index contributed by atoms with van der Waals surface area (Å²) in [6.45, 7) is 5.83. The van der Waals surface area contributed by atoms with Gasteiger partial charge in [-0.3, -0.25) is 4.79 Å². The molecule has 0 aliphatic rings. The first-order valence-corrected chi connectivity index (χ1v) is 9.40. The van der Waals surface area contributed by atoms with E-state index < -0.39 is 23.6 Å². The number of hydrogen-bond donors (Lipinski definition) is 3. The molecular weight excluding hydrogens is 404 g/mol. The largest absolute Gasteiger partial charge is 0.465 e. The van der Waals surface area contributed by atoms with Gasteiger partial charge >= 0.3 is 6.09 Å². The number of amides is 2. The molecule has 0 saturated heterocycles. The predicted molar refractivity (Wildman–Crippen MR) is 103 cm³/mol. The van der Waals surface area contributed by atoms with Crippen LogP contribution in [0, 0.1) is 5.41 Å². The van der Waals surface area contributed by atoms with E-state index in [-0.39, 0.29) is 5.91 Å². The molecule has 5 nitrogen and oxygen atoms in total. The highest BCUT2D eigenvalue weighted by atomic mass is 79.9. The minimum absolute atomic E-state index is 0.231. The van der Waals surface area contributed by atoms with Crippen molar-refractivity contribution in [2.75, 3.05) is 0 Å². The van der Waals surface area contributed by atoms with Gasteiger partial charge in [0.05, 0.1) is 20.7 Å². The fourth-order valence-corrected chi connectivity index (χ4v) is 3.89. The molecule has 2 amide bonds. The summed E-state index contributed by atoms with van der Waals surface area (Å²) in [6.07, 6.45) is -1.12. The zero-order valence-corrected chi connectivity index (χ0v) is 16.6. The van der Waals surface area contributed by atoms with Gasteiger partial charge in [-0.05, 0) is 39.0 Å². The molecule has 2 rings (SSSR count). The Hall–Kier alpha value is -1.86. The molecule has 2 atom stereocenters. The van der Waals surface area contributed by atoms with Crippen LogP contribution in [0.2, 0.25) is 0 Å².